The second-order valence-electron chi connectivity index (χ2n) is 6.51. The number of rotatable bonds is 2. The number of carbonyl (C=O) groups excluding carboxylic acids is 2. The first-order chi connectivity index (χ1) is 14.0. The molecule has 11 heteroatoms. The van der Waals surface area contributed by atoms with E-state index in [1.54, 1.807) is 20.0 Å². The van der Waals surface area contributed by atoms with Crippen LogP contribution in [-0.4, -0.2) is 56.6 Å². The Kier molecular flexibility index (Phi) is 3.84. The molecule has 4 heterocycles. The molecular formula is C18H14N8O2S. The summed E-state index contributed by atoms with van der Waals surface area (Å²) in [5.74, 6) is -0.441. The molecule has 0 radical (unpaired) electrons. The molecule has 0 saturated heterocycles. The molecule has 0 fully saturated rings. The average Bonchev–Trinajstić information content (AvgIpc) is 3.39. The Labute approximate surface area is 168 Å². The minimum atomic E-state index is -0.582. The van der Waals surface area contributed by atoms with Crippen LogP contribution in [0.2, 0.25) is 0 Å². The second kappa shape index (κ2) is 6.41. The molecule has 0 spiro atoms. The Morgan fingerprint density at radius 1 is 1.24 bits per heavy atom. The number of hydrogen-bond donors (Lipinski definition) is 1. The number of nitrogens with zero attached hydrogens (tertiary/aromatic N) is 7. The molecule has 10 nitrogen and oxygen atoms in total. The molecule has 29 heavy (non-hydrogen) atoms. The topological polar surface area (TPSA) is 117 Å². The number of hydrazone groups is 1. The van der Waals surface area contributed by atoms with Crippen LogP contribution in [0, 0.1) is 12.8 Å². The minimum absolute atomic E-state index is 0.0753. The van der Waals surface area contributed by atoms with E-state index in [9.17, 15) is 9.59 Å². The Morgan fingerprint density at radius 2 is 2.07 bits per heavy atom. The summed E-state index contributed by atoms with van der Waals surface area (Å²) in [6.45, 7) is 1.77. The van der Waals surface area contributed by atoms with E-state index in [0.717, 1.165) is 10.2 Å². The lowest BCUT2D eigenvalue weighted by Gasteiger charge is -2.17. The van der Waals surface area contributed by atoms with Gasteiger partial charge in [-0.3, -0.25) is 14.6 Å². The van der Waals surface area contributed by atoms with E-state index in [2.05, 4.69) is 30.5 Å². The fourth-order valence-corrected chi connectivity index (χ4v) is 3.94. The Hall–Kier alpha value is -3.73. The van der Waals surface area contributed by atoms with Crippen molar-refractivity contribution in [2.75, 3.05) is 12.4 Å². The fourth-order valence-electron chi connectivity index (χ4n) is 3.08. The molecule has 3 aromatic rings. The maximum atomic E-state index is 12.8. The predicted octanol–water partition coefficient (Wildman–Crippen LogP) is 1.74. The van der Waals surface area contributed by atoms with Crippen LogP contribution in [0.5, 0.6) is 0 Å². The Bertz CT molecular complexity index is 1230. The van der Waals surface area contributed by atoms with Crippen molar-refractivity contribution in [3.63, 3.8) is 0 Å². The third kappa shape index (κ3) is 2.91. The van der Waals surface area contributed by atoms with Gasteiger partial charge in [0.25, 0.3) is 17.8 Å². The van der Waals surface area contributed by atoms with Gasteiger partial charge in [-0.25, -0.2) is 4.98 Å². The van der Waals surface area contributed by atoms with Gasteiger partial charge >= 0.3 is 0 Å². The van der Waals surface area contributed by atoms with Crippen LogP contribution in [-0.2, 0) is 4.79 Å². The Balaban J connectivity index is 1.48. The maximum absolute atomic E-state index is 12.8. The zero-order valence-electron chi connectivity index (χ0n) is 15.4. The molecule has 2 aromatic heterocycles. The normalized spacial score (nSPS) is 18.1. The van der Waals surface area contributed by atoms with E-state index in [-0.39, 0.29) is 17.8 Å². The molecule has 1 aromatic carbocycles. The van der Waals surface area contributed by atoms with E-state index in [1.165, 1.54) is 27.2 Å². The highest BCUT2D eigenvalue weighted by atomic mass is 32.1. The summed E-state index contributed by atoms with van der Waals surface area (Å²) in [7, 11) is 1.70. The number of thiazole rings is 1. The van der Waals surface area contributed by atoms with E-state index in [1.807, 2.05) is 24.3 Å². The maximum Gasteiger partial charge on any atom is 0.285 e. The summed E-state index contributed by atoms with van der Waals surface area (Å²) in [4.78, 5) is 37.9. The van der Waals surface area contributed by atoms with Gasteiger partial charge in [0.2, 0.25) is 0 Å². The molecule has 0 aliphatic carbocycles. The molecular weight excluding hydrogens is 392 g/mol. The summed E-state index contributed by atoms with van der Waals surface area (Å²) in [5, 5.41) is 13.0. The van der Waals surface area contributed by atoms with Crippen LogP contribution in [0.15, 0.2) is 45.4 Å². The van der Waals surface area contributed by atoms with E-state index >= 15 is 0 Å². The number of nitrogens with one attached hydrogen (secondary N) is 1. The van der Waals surface area contributed by atoms with Gasteiger partial charge in [-0.2, -0.15) is 24.9 Å². The van der Waals surface area contributed by atoms with Gasteiger partial charge in [0.05, 0.1) is 15.9 Å². The van der Waals surface area contributed by atoms with Crippen LogP contribution >= 0.6 is 11.3 Å². The minimum Gasteiger partial charge on any atom is -0.304 e. The molecule has 144 valence electrons. The van der Waals surface area contributed by atoms with Crippen molar-refractivity contribution < 1.29 is 9.59 Å². The molecule has 0 saturated carbocycles. The third-order valence-electron chi connectivity index (χ3n) is 4.44. The standard InChI is InChI=1S/C18H14N8O2S/c1-9-7-13(21-16(28)17-20-11-5-3-4-6-12(11)29-17)26(24-9)18-22-14-10(15(27)23-18)8-19-25(14)2/h3-8,10H,1-2H3,(H,21,28). The monoisotopic (exact) mass is 406 g/mol. The summed E-state index contributed by atoms with van der Waals surface area (Å²) >= 11 is 1.30. The number of fused-ring (bicyclic) bond motifs is 2. The van der Waals surface area contributed by atoms with Crippen LogP contribution in [0.1, 0.15) is 15.5 Å². The first-order valence-electron chi connectivity index (χ1n) is 8.72. The Morgan fingerprint density at radius 3 is 2.90 bits per heavy atom. The van der Waals surface area contributed by atoms with Crippen molar-refractivity contribution in [1.82, 2.24) is 19.8 Å². The second-order valence-corrected chi connectivity index (χ2v) is 7.54. The lowest BCUT2D eigenvalue weighted by Crippen LogP contribution is -2.35. The zero-order chi connectivity index (χ0) is 20.1. The van der Waals surface area contributed by atoms with Crippen LogP contribution in [0.25, 0.3) is 10.2 Å². The van der Waals surface area contributed by atoms with Crippen molar-refractivity contribution in [2.45, 2.75) is 6.92 Å². The molecule has 1 unspecified atom stereocenters. The number of benzene rings is 1. The number of carbonyl (C=O) groups is 2. The van der Waals surface area contributed by atoms with Gasteiger partial charge in [0.1, 0.15) is 17.6 Å². The largest absolute Gasteiger partial charge is 0.304 e. The number of hydrogen-bond acceptors (Lipinski definition) is 8. The number of para-hydroxylation sites is 1. The lowest BCUT2D eigenvalue weighted by molar-refractivity contribution is -0.118. The van der Waals surface area contributed by atoms with Crippen LogP contribution in [0.4, 0.5) is 5.82 Å². The summed E-state index contributed by atoms with van der Waals surface area (Å²) < 4.78 is 2.26. The van der Waals surface area contributed by atoms with Gasteiger partial charge in [-0.1, -0.05) is 12.1 Å². The van der Waals surface area contributed by atoms with Gasteiger partial charge < -0.3 is 5.32 Å². The first-order valence-corrected chi connectivity index (χ1v) is 9.54. The molecule has 2 aliphatic heterocycles. The number of amidine groups is 1. The number of amides is 2. The lowest BCUT2D eigenvalue weighted by atomic mass is 10.1. The SMILES string of the molecule is Cc1cc(NC(=O)c2nc3ccccc3s2)n(C2=NC(=O)C3C=NN(C)C3=N2)n1. The average molecular weight is 406 g/mol. The number of anilines is 1. The van der Waals surface area contributed by atoms with Crippen molar-refractivity contribution in [3.05, 3.63) is 41.0 Å². The van der Waals surface area contributed by atoms with E-state index < -0.39 is 5.92 Å². The fraction of sp³-hybridized carbons (Fsp3) is 0.167. The van der Waals surface area contributed by atoms with Crippen LogP contribution in [0.3, 0.4) is 0 Å². The van der Waals surface area contributed by atoms with Crippen molar-refractivity contribution in [2.24, 2.45) is 21.0 Å². The number of aromatic nitrogens is 3. The van der Waals surface area contributed by atoms with Gasteiger partial charge in [0.15, 0.2) is 5.01 Å². The number of aryl methyl sites for hydroxylation is 1. The summed E-state index contributed by atoms with van der Waals surface area (Å²) in [6.07, 6.45) is 1.51. The number of aliphatic imine (C=N–C) groups is 2. The molecule has 1 atom stereocenters. The van der Waals surface area contributed by atoms with Crippen LogP contribution < -0.4 is 5.32 Å². The van der Waals surface area contributed by atoms with Crippen molar-refractivity contribution in [3.8, 4) is 0 Å². The molecule has 1 N–H and O–H groups in total. The van der Waals surface area contributed by atoms with Gasteiger partial charge in [0, 0.05) is 19.3 Å². The highest BCUT2D eigenvalue weighted by molar-refractivity contribution is 7.20. The zero-order valence-corrected chi connectivity index (χ0v) is 16.2. The highest BCUT2D eigenvalue weighted by Crippen LogP contribution is 2.23. The first kappa shape index (κ1) is 17.4. The third-order valence-corrected chi connectivity index (χ3v) is 5.48. The summed E-state index contributed by atoms with van der Waals surface area (Å²) in [6, 6.07) is 9.21. The quantitative estimate of drug-likeness (QED) is 0.696. The van der Waals surface area contributed by atoms with E-state index in [4.69, 9.17) is 0 Å². The smallest absolute Gasteiger partial charge is 0.285 e. The van der Waals surface area contributed by atoms with Crippen molar-refractivity contribution in [1.29, 1.82) is 0 Å². The highest BCUT2D eigenvalue weighted by Gasteiger charge is 2.35. The predicted molar refractivity (Wildman–Crippen MR) is 110 cm³/mol. The molecule has 2 aliphatic rings. The molecule has 0 bridgehead atoms. The van der Waals surface area contributed by atoms with Crippen molar-refractivity contribution >= 4 is 57.2 Å². The molecule has 2 amide bonds. The summed E-state index contributed by atoms with van der Waals surface area (Å²) in [5.41, 5.74) is 1.40. The molecule has 5 rings (SSSR count). The van der Waals surface area contributed by atoms with Gasteiger partial charge in [-0.15, -0.1) is 11.3 Å². The van der Waals surface area contributed by atoms with Gasteiger partial charge in [-0.05, 0) is 19.1 Å². The van der Waals surface area contributed by atoms with E-state index in [0.29, 0.717) is 22.4 Å².